The number of aromatic nitrogens is 3. The van der Waals surface area contributed by atoms with Crippen molar-refractivity contribution < 1.29 is 9.47 Å². The van der Waals surface area contributed by atoms with Crippen molar-refractivity contribution in [2.24, 2.45) is 17.8 Å². The average Bonchev–Trinajstić information content (AvgIpc) is 3.20. The molecule has 2 fully saturated rings. The van der Waals surface area contributed by atoms with E-state index in [1.807, 2.05) is 6.07 Å². The molecule has 0 atom stereocenters. The summed E-state index contributed by atoms with van der Waals surface area (Å²) in [5.41, 5.74) is 3.08. The molecule has 7 heteroatoms. The molecule has 6 nitrogen and oxygen atoms in total. The van der Waals surface area contributed by atoms with E-state index in [4.69, 9.17) is 26.1 Å². The second kappa shape index (κ2) is 11.8. The van der Waals surface area contributed by atoms with Crippen LogP contribution in [0.4, 0.5) is 5.95 Å². The first-order chi connectivity index (χ1) is 17.6. The lowest BCUT2D eigenvalue weighted by atomic mass is 9.83. The van der Waals surface area contributed by atoms with Crippen molar-refractivity contribution in [2.45, 2.75) is 65.0 Å². The zero-order valence-corrected chi connectivity index (χ0v) is 22.4. The van der Waals surface area contributed by atoms with Crippen LogP contribution in [0.3, 0.4) is 0 Å². The summed E-state index contributed by atoms with van der Waals surface area (Å²) in [7, 11) is 1.75. The lowest BCUT2D eigenvalue weighted by Gasteiger charge is -2.30. The normalized spacial score (nSPS) is 20.4. The molecule has 0 bridgehead atoms. The fraction of sp³-hybridized carbons (Fsp3) is 0.586. The zero-order valence-electron chi connectivity index (χ0n) is 21.7. The van der Waals surface area contributed by atoms with Crippen LogP contribution in [0.2, 0.25) is 5.15 Å². The molecule has 0 radical (unpaired) electrons. The molecule has 2 aliphatic rings. The first-order valence-electron chi connectivity index (χ1n) is 13.6. The predicted octanol–water partition coefficient (Wildman–Crippen LogP) is 6.74. The Labute approximate surface area is 220 Å². The fourth-order valence-corrected chi connectivity index (χ4v) is 5.66. The molecule has 0 saturated heterocycles. The number of anilines is 1. The third-order valence-electron chi connectivity index (χ3n) is 7.96. The Morgan fingerprint density at radius 1 is 1.03 bits per heavy atom. The van der Waals surface area contributed by atoms with Crippen LogP contribution in [-0.4, -0.2) is 41.4 Å². The highest BCUT2D eigenvalue weighted by atomic mass is 35.5. The zero-order chi connectivity index (χ0) is 24.9. The minimum absolute atomic E-state index is 0.431. The fourth-order valence-electron chi connectivity index (χ4n) is 5.48. The SMILES string of the molecule is COCCN(Cc1ccccc1)c1nc2cc(Cl)nc(OCC3CCC3)c2n1CC1CCC(C)CC1. The van der Waals surface area contributed by atoms with Crippen LogP contribution in [0, 0.1) is 17.8 Å². The number of fused-ring (bicyclic) bond motifs is 1. The third kappa shape index (κ3) is 5.97. The van der Waals surface area contributed by atoms with E-state index in [0.29, 0.717) is 36.1 Å². The van der Waals surface area contributed by atoms with E-state index >= 15 is 0 Å². The molecule has 2 aliphatic carbocycles. The summed E-state index contributed by atoms with van der Waals surface area (Å²) in [4.78, 5) is 12.1. The summed E-state index contributed by atoms with van der Waals surface area (Å²) in [5, 5.41) is 0.431. The topological polar surface area (TPSA) is 52.4 Å². The molecule has 2 saturated carbocycles. The number of halogens is 1. The van der Waals surface area contributed by atoms with E-state index in [-0.39, 0.29) is 0 Å². The van der Waals surface area contributed by atoms with Crippen molar-refractivity contribution in [1.82, 2.24) is 14.5 Å². The monoisotopic (exact) mass is 510 g/mol. The van der Waals surface area contributed by atoms with Crippen LogP contribution in [0.15, 0.2) is 36.4 Å². The summed E-state index contributed by atoms with van der Waals surface area (Å²) >= 11 is 6.48. The summed E-state index contributed by atoms with van der Waals surface area (Å²) in [5.74, 6) is 3.63. The van der Waals surface area contributed by atoms with Gasteiger partial charge in [0.05, 0.1) is 18.7 Å². The van der Waals surface area contributed by atoms with Crippen molar-refractivity contribution in [3.05, 3.63) is 47.1 Å². The highest BCUT2D eigenvalue weighted by Gasteiger charge is 2.27. The molecule has 2 heterocycles. The van der Waals surface area contributed by atoms with Gasteiger partial charge >= 0.3 is 0 Å². The Morgan fingerprint density at radius 3 is 2.50 bits per heavy atom. The summed E-state index contributed by atoms with van der Waals surface area (Å²) in [6, 6.07) is 12.5. The summed E-state index contributed by atoms with van der Waals surface area (Å²) < 4.78 is 14.2. The van der Waals surface area contributed by atoms with Crippen molar-refractivity contribution in [1.29, 1.82) is 0 Å². The minimum atomic E-state index is 0.431. The first-order valence-corrected chi connectivity index (χ1v) is 14.0. The van der Waals surface area contributed by atoms with Crippen LogP contribution in [-0.2, 0) is 17.8 Å². The van der Waals surface area contributed by atoms with Gasteiger partial charge in [-0.15, -0.1) is 0 Å². The standard InChI is InChI=1S/C29H39ClN4O2/c1-21-11-13-23(14-12-21)19-34-27-25(17-26(30)32-28(27)36-20-24-9-6-10-24)31-29(34)33(15-16-35-2)18-22-7-4-3-5-8-22/h3-5,7-8,17,21,23-24H,6,9-16,18-20H2,1-2H3. The quantitative estimate of drug-likeness (QED) is 0.267. The van der Waals surface area contributed by atoms with Gasteiger partial charge in [0.25, 0.3) is 0 Å². The Morgan fingerprint density at radius 2 is 1.81 bits per heavy atom. The Kier molecular flexibility index (Phi) is 8.32. The van der Waals surface area contributed by atoms with Gasteiger partial charge in [0.15, 0.2) is 0 Å². The van der Waals surface area contributed by atoms with E-state index in [9.17, 15) is 0 Å². The molecule has 0 unspecified atom stereocenters. The molecule has 5 rings (SSSR count). The second-order valence-electron chi connectivity index (χ2n) is 10.8. The van der Waals surface area contributed by atoms with Gasteiger partial charge < -0.3 is 18.9 Å². The maximum Gasteiger partial charge on any atom is 0.241 e. The Balaban J connectivity index is 1.55. The number of nitrogens with zero attached hydrogens (tertiary/aromatic N) is 4. The molecule has 194 valence electrons. The largest absolute Gasteiger partial charge is 0.476 e. The molecular weight excluding hydrogens is 472 g/mol. The lowest BCUT2D eigenvalue weighted by Crippen LogP contribution is -2.30. The van der Waals surface area contributed by atoms with Crippen molar-refractivity contribution in [3.8, 4) is 5.88 Å². The molecule has 36 heavy (non-hydrogen) atoms. The van der Waals surface area contributed by atoms with Crippen molar-refractivity contribution >= 4 is 28.6 Å². The number of pyridine rings is 1. The van der Waals surface area contributed by atoms with Crippen molar-refractivity contribution in [2.75, 3.05) is 31.8 Å². The molecule has 2 aromatic heterocycles. The highest BCUT2D eigenvalue weighted by molar-refractivity contribution is 6.30. The molecule has 0 N–H and O–H groups in total. The van der Waals surface area contributed by atoms with Gasteiger partial charge in [-0.3, -0.25) is 0 Å². The lowest BCUT2D eigenvalue weighted by molar-refractivity contribution is 0.176. The number of rotatable bonds is 11. The van der Waals surface area contributed by atoms with E-state index in [1.54, 1.807) is 7.11 Å². The average molecular weight is 511 g/mol. The summed E-state index contributed by atoms with van der Waals surface area (Å²) in [6.07, 6.45) is 8.83. The van der Waals surface area contributed by atoms with E-state index in [0.717, 1.165) is 42.5 Å². The van der Waals surface area contributed by atoms with Crippen LogP contribution in [0.5, 0.6) is 5.88 Å². The Bertz CT molecular complexity index is 1120. The number of hydrogen-bond acceptors (Lipinski definition) is 5. The maximum absolute atomic E-state index is 6.48. The molecule has 1 aromatic carbocycles. The number of benzene rings is 1. The first kappa shape index (κ1) is 25.3. The van der Waals surface area contributed by atoms with Crippen LogP contribution in [0.1, 0.15) is 57.4 Å². The maximum atomic E-state index is 6.48. The molecule has 0 aliphatic heterocycles. The minimum Gasteiger partial charge on any atom is -0.476 e. The van der Waals surface area contributed by atoms with Gasteiger partial charge in [-0.1, -0.05) is 68.1 Å². The van der Waals surface area contributed by atoms with E-state index in [2.05, 4.69) is 51.7 Å². The Hall–Kier alpha value is -2.31. The number of hydrogen-bond donors (Lipinski definition) is 0. The van der Waals surface area contributed by atoms with Gasteiger partial charge in [-0.25, -0.2) is 4.98 Å². The molecule has 0 amide bonds. The smallest absolute Gasteiger partial charge is 0.241 e. The third-order valence-corrected chi connectivity index (χ3v) is 8.16. The highest BCUT2D eigenvalue weighted by Crippen LogP contribution is 2.37. The van der Waals surface area contributed by atoms with E-state index < -0.39 is 0 Å². The number of imidazole rings is 1. The predicted molar refractivity (Wildman–Crippen MR) is 146 cm³/mol. The molecular formula is C29H39ClN4O2. The van der Waals surface area contributed by atoms with Gasteiger partial charge in [0.1, 0.15) is 10.7 Å². The molecule has 0 spiro atoms. The number of methoxy groups -OCH3 is 1. The van der Waals surface area contributed by atoms with Crippen LogP contribution >= 0.6 is 11.6 Å². The van der Waals surface area contributed by atoms with E-state index in [1.165, 1.54) is 50.5 Å². The van der Waals surface area contributed by atoms with Gasteiger partial charge in [0, 0.05) is 32.8 Å². The van der Waals surface area contributed by atoms with Gasteiger partial charge in [-0.2, -0.15) is 4.98 Å². The second-order valence-corrected chi connectivity index (χ2v) is 11.2. The molecule has 3 aromatic rings. The van der Waals surface area contributed by atoms with Gasteiger partial charge in [0.2, 0.25) is 11.8 Å². The number of ether oxygens (including phenoxy) is 2. The van der Waals surface area contributed by atoms with Crippen LogP contribution in [0.25, 0.3) is 11.0 Å². The van der Waals surface area contributed by atoms with Crippen molar-refractivity contribution in [3.63, 3.8) is 0 Å². The van der Waals surface area contributed by atoms with Gasteiger partial charge in [-0.05, 0) is 49.0 Å². The van der Waals surface area contributed by atoms with Crippen LogP contribution < -0.4 is 9.64 Å². The summed E-state index contributed by atoms with van der Waals surface area (Å²) in [6.45, 7) is 6.12.